The highest BCUT2D eigenvalue weighted by atomic mass is 16.5. The highest BCUT2D eigenvalue weighted by Gasteiger charge is 2.23. The predicted molar refractivity (Wildman–Crippen MR) is 76.4 cm³/mol. The standard InChI is InChI=1S/C16H26O2/c1-5-7-8-11-16(3,4)14-12-13(18-6-2)9-10-15(14)17/h9-10,12,17H,5-8,11H2,1-4H3. The van der Waals surface area contributed by atoms with E-state index in [1.165, 1.54) is 19.3 Å². The van der Waals surface area contributed by atoms with Gasteiger partial charge in [-0.3, -0.25) is 0 Å². The van der Waals surface area contributed by atoms with Crippen LogP contribution in [-0.4, -0.2) is 11.7 Å². The third-order valence-corrected chi connectivity index (χ3v) is 3.41. The summed E-state index contributed by atoms with van der Waals surface area (Å²) in [5.41, 5.74) is 0.983. The lowest BCUT2D eigenvalue weighted by Crippen LogP contribution is -2.17. The van der Waals surface area contributed by atoms with Crippen molar-refractivity contribution in [3.05, 3.63) is 23.8 Å². The molecule has 0 amide bonds. The molecule has 18 heavy (non-hydrogen) atoms. The van der Waals surface area contributed by atoms with Gasteiger partial charge in [0.25, 0.3) is 0 Å². The van der Waals surface area contributed by atoms with E-state index < -0.39 is 0 Å². The van der Waals surface area contributed by atoms with Crippen LogP contribution in [0.15, 0.2) is 18.2 Å². The van der Waals surface area contributed by atoms with Crippen molar-refractivity contribution in [2.45, 2.75) is 58.8 Å². The Morgan fingerprint density at radius 2 is 1.89 bits per heavy atom. The molecule has 0 fully saturated rings. The molecule has 0 atom stereocenters. The molecule has 0 unspecified atom stereocenters. The van der Waals surface area contributed by atoms with Gasteiger partial charge in [-0.1, -0.05) is 40.0 Å². The molecule has 1 aromatic rings. The van der Waals surface area contributed by atoms with Crippen molar-refractivity contribution in [1.82, 2.24) is 0 Å². The van der Waals surface area contributed by atoms with Crippen LogP contribution in [0.1, 0.15) is 58.9 Å². The monoisotopic (exact) mass is 250 g/mol. The van der Waals surface area contributed by atoms with Crippen LogP contribution in [0.2, 0.25) is 0 Å². The van der Waals surface area contributed by atoms with E-state index in [1.807, 2.05) is 19.1 Å². The molecule has 1 N–H and O–H groups in total. The molecule has 0 radical (unpaired) electrons. The number of hydrogen-bond donors (Lipinski definition) is 1. The third-order valence-electron chi connectivity index (χ3n) is 3.41. The molecular weight excluding hydrogens is 224 g/mol. The van der Waals surface area contributed by atoms with E-state index in [0.29, 0.717) is 12.4 Å². The van der Waals surface area contributed by atoms with Crippen molar-refractivity contribution < 1.29 is 9.84 Å². The van der Waals surface area contributed by atoms with Crippen LogP contribution in [-0.2, 0) is 5.41 Å². The Kier molecular flexibility index (Phi) is 5.52. The second kappa shape index (κ2) is 6.67. The Morgan fingerprint density at radius 1 is 1.17 bits per heavy atom. The van der Waals surface area contributed by atoms with Gasteiger partial charge in [0, 0.05) is 5.56 Å². The van der Waals surface area contributed by atoms with Gasteiger partial charge in [-0.05, 0) is 37.0 Å². The molecule has 0 heterocycles. The van der Waals surface area contributed by atoms with Gasteiger partial charge in [0.15, 0.2) is 0 Å². The molecule has 102 valence electrons. The van der Waals surface area contributed by atoms with E-state index in [9.17, 15) is 5.11 Å². The zero-order valence-electron chi connectivity index (χ0n) is 12.1. The number of aromatic hydroxyl groups is 1. The minimum Gasteiger partial charge on any atom is -0.508 e. The average molecular weight is 250 g/mol. The second-order valence-corrected chi connectivity index (χ2v) is 5.45. The van der Waals surface area contributed by atoms with Crippen molar-refractivity contribution >= 4 is 0 Å². The predicted octanol–water partition coefficient (Wildman–Crippen LogP) is 4.65. The molecule has 2 nitrogen and oxygen atoms in total. The van der Waals surface area contributed by atoms with Crippen LogP contribution in [0, 0.1) is 0 Å². The number of rotatable bonds is 7. The lowest BCUT2D eigenvalue weighted by atomic mass is 9.79. The van der Waals surface area contributed by atoms with Gasteiger partial charge in [-0.15, -0.1) is 0 Å². The first-order valence-corrected chi connectivity index (χ1v) is 6.97. The third kappa shape index (κ3) is 3.94. The molecule has 0 aliphatic rings. The summed E-state index contributed by atoms with van der Waals surface area (Å²) in [6, 6.07) is 5.54. The number of unbranched alkanes of at least 4 members (excludes halogenated alkanes) is 2. The van der Waals surface area contributed by atoms with Crippen LogP contribution < -0.4 is 4.74 Å². The summed E-state index contributed by atoms with van der Waals surface area (Å²) < 4.78 is 5.51. The van der Waals surface area contributed by atoms with E-state index in [4.69, 9.17) is 4.74 Å². The Bertz CT molecular complexity index is 369. The summed E-state index contributed by atoms with van der Waals surface area (Å²) in [6.45, 7) is 9.21. The Balaban J connectivity index is 2.87. The van der Waals surface area contributed by atoms with Crippen LogP contribution in [0.25, 0.3) is 0 Å². The fourth-order valence-electron chi connectivity index (χ4n) is 2.27. The quantitative estimate of drug-likeness (QED) is 0.714. The Labute approximate surface area is 111 Å². The first-order chi connectivity index (χ1) is 8.51. The van der Waals surface area contributed by atoms with Crippen LogP contribution in [0.4, 0.5) is 0 Å². The van der Waals surface area contributed by atoms with Crippen LogP contribution in [0.3, 0.4) is 0 Å². The molecule has 0 aliphatic carbocycles. The van der Waals surface area contributed by atoms with Crippen molar-refractivity contribution in [1.29, 1.82) is 0 Å². The maximum absolute atomic E-state index is 10.0. The maximum Gasteiger partial charge on any atom is 0.119 e. The fourth-order valence-corrected chi connectivity index (χ4v) is 2.27. The lowest BCUT2D eigenvalue weighted by Gasteiger charge is -2.26. The number of phenols is 1. The molecule has 0 spiro atoms. The van der Waals surface area contributed by atoms with E-state index in [1.54, 1.807) is 6.07 Å². The van der Waals surface area contributed by atoms with Gasteiger partial charge in [-0.25, -0.2) is 0 Å². The SMILES string of the molecule is CCCCCC(C)(C)c1cc(OCC)ccc1O. The van der Waals surface area contributed by atoms with Crippen molar-refractivity contribution in [3.8, 4) is 11.5 Å². The summed E-state index contributed by atoms with van der Waals surface area (Å²) >= 11 is 0. The van der Waals surface area contributed by atoms with Crippen LogP contribution >= 0.6 is 0 Å². The van der Waals surface area contributed by atoms with Crippen molar-refractivity contribution in [2.75, 3.05) is 6.61 Å². The van der Waals surface area contributed by atoms with E-state index in [-0.39, 0.29) is 5.41 Å². The number of hydrogen-bond acceptors (Lipinski definition) is 2. The molecule has 0 saturated carbocycles. The molecule has 0 bridgehead atoms. The van der Waals surface area contributed by atoms with E-state index in [0.717, 1.165) is 17.7 Å². The molecule has 2 heteroatoms. The summed E-state index contributed by atoms with van der Waals surface area (Å²) in [6.07, 6.45) is 4.75. The second-order valence-electron chi connectivity index (χ2n) is 5.45. The van der Waals surface area contributed by atoms with Gasteiger partial charge in [0.05, 0.1) is 6.61 Å². The Hall–Kier alpha value is -1.18. The average Bonchev–Trinajstić information content (AvgIpc) is 2.32. The highest BCUT2D eigenvalue weighted by molar-refractivity contribution is 5.43. The molecule has 1 rings (SSSR count). The Morgan fingerprint density at radius 3 is 2.50 bits per heavy atom. The smallest absolute Gasteiger partial charge is 0.119 e. The van der Waals surface area contributed by atoms with Gasteiger partial charge in [0.2, 0.25) is 0 Å². The van der Waals surface area contributed by atoms with E-state index >= 15 is 0 Å². The minimum atomic E-state index is -0.00757. The summed E-state index contributed by atoms with van der Waals surface area (Å²) in [5, 5.41) is 10.0. The minimum absolute atomic E-state index is 0.00757. The van der Waals surface area contributed by atoms with Gasteiger partial charge >= 0.3 is 0 Å². The van der Waals surface area contributed by atoms with Gasteiger partial charge in [0.1, 0.15) is 11.5 Å². The number of phenolic OH excluding ortho intramolecular Hbond substituents is 1. The largest absolute Gasteiger partial charge is 0.508 e. The normalized spacial score (nSPS) is 11.6. The lowest BCUT2D eigenvalue weighted by molar-refractivity contribution is 0.336. The first-order valence-electron chi connectivity index (χ1n) is 6.97. The molecule has 0 aliphatic heterocycles. The molecule has 0 saturated heterocycles. The van der Waals surface area contributed by atoms with Crippen LogP contribution in [0.5, 0.6) is 11.5 Å². The summed E-state index contributed by atoms with van der Waals surface area (Å²) in [4.78, 5) is 0. The molecular formula is C16H26O2. The topological polar surface area (TPSA) is 29.5 Å². The van der Waals surface area contributed by atoms with Gasteiger partial charge in [-0.2, -0.15) is 0 Å². The first kappa shape index (κ1) is 14.9. The van der Waals surface area contributed by atoms with Crippen molar-refractivity contribution in [2.24, 2.45) is 0 Å². The zero-order valence-corrected chi connectivity index (χ0v) is 12.1. The summed E-state index contributed by atoms with van der Waals surface area (Å²) in [5.74, 6) is 1.22. The number of benzene rings is 1. The van der Waals surface area contributed by atoms with E-state index in [2.05, 4.69) is 20.8 Å². The molecule has 1 aromatic carbocycles. The fraction of sp³-hybridized carbons (Fsp3) is 0.625. The molecule has 0 aromatic heterocycles. The summed E-state index contributed by atoms with van der Waals surface area (Å²) in [7, 11) is 0. The van der Waals surface area contributed by atoms with Crippen molar-refractivity contribution in [3.63, 3.8) is 0 Å². The zero-order chi connectivity index (χ0) is 13.6. The van der Waals surface area contributed by atoms with Gasteiger partial charge < -0.3 is 9.84 Å². The number of ether oxygens (including phenoxy) is 1. The maximum atomic E-state index is 10.0. The highest BCUT2D eigenvalue weighted by Crippen LogP contribution is 2.37.